The summed E-state index contributed by atoms with van der Waals surface area (Å²) in [6.45, 7) is 6.46. The van der Waals surface area contributed by atoms with Crippen LogP contribution < -0.4 is 0 Å². The molecule has 0 aliphatic carbocycles. The van der Waals surface area contributed by atoms with Crippen LogP contribution in [0.25, 0.3) is 0 Å². The van der Waals surface area contributed by atoms with Gasteiger partial charge in [0.2, 0.25) is 0 Å². The highest BCUT2D eigenvalue weighted by atomic mass is 16.6. The van der Waals surface area contributed by atoms with Gasteiger partial charge < -0.3 is 14.2 Å². The van der Waals surface area contributed by atoms with Gasteiger partial charge in [0.1, 0.15) is 13.2 Å². The molecule has 0 saturated carbocycles. The first kappa shape index (κ1) is 73.6. The Labute approximate surface area is 477 Å². The number of unbranched alkanes of at least 4 members (excludes halogenated alkanes) is 35. The van der Waals surface area contributed by atoms with Crippen LogP contribution in [-0.2, 0) is 28.6 Å². The topological polar surface area (TPSA) is 78.9 Å². The van der Waals surface area contributed by atoms with Crippen LogP contribution in [0.5, 0.6) is 0 Å². The molecule has 0 aliphatic rings. The van der Waals surface area contributed by atoms with Gasteiger partial charge >= 0.3 is 17.9 Å². The molecule has 1 atom stereocenters. The predicted octanol–water partition coefficient (Wildman–Crippen LogP) is 22.7. The van der Waals surface area contributed by atoms with E-state index < -0.39 is 6.10 Å². The third-order valence-corrected chi connectivity index (χ3v) is 14.4. The summed E-state index contributed by atoms with van der Waals surface area (Å²) in [5.41, 5.74) is 0. The molecule has 0 amide bonds. The third-order valence-electron chi connectivity index (χ3n) is 14.4. The molecule has 0 saturated heterocycles. The Hall–Kier alpha value is -3.41. The molecule has 0 radical (unpaired) electrons. The molecule has 0 aromatic rings. The molecule has 6 heteroatoms. The molecular formula is C71H124O6. The van der Waals surface area contributed by atoms with Crippen molar-refractivity contribution in [3.63, 3.8) is 0 Å². The maximum absolute atomic E-state index is 12.9. The van der Waals surface area contributed by atoms with E-state index in [0.29, 0.717) is 12.8 Å². The molecular weight excluding hydrogens is 949 g/mol. The second kappa shape index (κ2) is 65.1. The molecule has 0 bridgehead atoms. The summed E-state index contributed by atoms with van der Waals surface area (Å²) in [4.78, 5) is 38.3. The zero-order chi connectivity index (χ0) is 55.7. The molecule has 0 heterocycles. The number of rotatable bonds is 60. The first-order valence-electron chi connectivity index (χ1n) is 33.1. The Morgan fingerprint density at radius 1 is 0.273 bits per heavy atom. The molecule has 6 nitrogen and oxygen atoms in total. The minimum atomic E-state index is -0.800. The zero-order valence-corrected chi connectivity index (χ0v) is 51.0. The molecule has 0 aromatic carbocycles. The van der Waals surface area contributed by atoms with Crippen LogP contribution in [0.15, 0.2) is 85.1 Å². The Morgan fingerprint density at radius 2 is 0.532 bits per heavy atom. The third kappa shape index (κ3) is 63.3. The largest absolute Gasteiger partial charge is 0.462 e. The highest BCUT2D eigenvalue weighted by Crippen LogP contribution is 2.17. The van der Waals surface area contributed by atoms with Crippen molar-refractivity contribution in [2.75, 3.05) is 13.2 Å². The van der Waals surface area contributed by atoms with E-state index in [1.54, 1.807) is 0 Å². The van der Waals surface area contributed by atoms with Crippen molar-refractivity contribution in [1.29, 1.82) is 0 Å². The lowest BCUT2D eigenvalue weighted by atomic mass is 10.0. The Kier molecular flexibility index (Phi) is 62.2. The Balaban J connectivity index is 4.29. The van der Waals surface area contributed by atoms with Crippen LogP contribution in [0, 0.1) is 0 Å². The van der Waals surface area contributed by atoms with Crippen LogP contribution in [0.2, 0.25) is 0 Å². The van der Waals surface area contributed by atoms with Gasteiger partial charge in [-0.05, 0) is 89.9 Å². The van der Waals surface area contributed by atoms with Gasteiger partial charge in [-0.15, -0.1) is 0 Å². The molecule has 0 N–H and O–H groups in total. The van der Waals surface area contributed by atoms with E-state index in [0.717, 1.165) is 128 Å². The van der Waals surface area contributed by atoms with E-state index >= 15 is 0 Å². The lowest BCUT2D eigenvalue weighted by molar-refractivity contribution is -0.167. The van der Waals surface area contributed by atoms with Crippen LogP contribution in [0.1, 0.15) is 329 Å². The van der Waals surface area contributed by atoms with Crippen molar-refractivity contribution in [3.05, 3.63) is 85.1 Å². The van der Waals surface area contributed by atoms with Gasteiger partial charge in [-0.3, -0.25) is 14.4 Å². The number of hydrogen-bond donors (Lipinski definition) is 0. The normalized spacial score (nSPS) is 12.6. The van der Waals surface area contributed by atoms with Gasteiger partial charge in [0.15, 0.2) is 6.10 Å². The van der Waals surface area contributed by atoms with Gasteiger partial charge in [-0.1, -0.05) is 305 Å². The summed E-state index contributed by atoms with van der Waals surface area (Å²) < 4.78 is 16.9. The molecule has 0 rings (SSSR count). The van der Waals surface area contributed by atoms with Crippen molar-refractivity contribution >= 4 is 17.9 Å². The summed E-state index contributed by atoms with van der Waals surface area (Å²) in [5, 5.41) is 0. The summed E-state index contributed by atoms with van der Waals surface area (Å²) in [7, 11) is 0. The second-order valence-electron chi connectivity index (χ2n) is 22.0. The maximum atomic E-state index is 12.9. The number of carbonyl (C=O) groups is 3. The molecule has 0 aliphatic heterocycles. The number of allylic oxidation sites excluding steroid dienone is 14. The smallest absolute Gasteiger partial charge is 0.306 e. The molecule has 1 unspecified atom stereocenters. The monoisotopic (exact) mass is 1070 g/mol. The van der Waals surface area contributed by atoms with E-state index in [1.807, 2.05) is 0 Å². The number of esters is 3. The quantitative estimate of drug-likeness (QED) is 0.0261. The SMILES string of the molecule is CC/C=C\C/C=C\C/C=C\C/C=C\C/C=C\CCCCCC(=O)OC(COC(=O)CCCCCCC/C=C\C/C=C\CCC)COC(=O)CCCCCCCCCCCCCCCCCCCCCCCCCCCCC. The Morgan fingerprint density at radius 3 is 0.857 bits per heavy atom. The van der Waals surface area contributed by atoms with Crippen molar-refractivity contribution < 1.29 is 28.6 Å². The number of ether oxygens (including phenoxy) is 3. The Bertz CT molecular complexity index is 1470. The standard InChI is InChI=1S/C71H124O6/c1-4-7-10-13-16-19-22-25-27-29-31-32-33-34-35-36-37-38-40-41-43-46-49-52-55-58-61-64-70(73)76-67-68(66-75-69(72)63-60-57-54-51-48-45-24-21-18-15-12-9-6-3)77-71(74)65-62-59-56-53-50-47-44-42-39-30-28-26-23-20-17-14-11-8-5-2/h8,11-12,15,17,20-21,24,26,28,39,42,47,50,68H,4-7,9-10,13-14,16,18-19,22-23,25,27,29-38,40-41,43-46,48-49,51-67H2,1-3H3/b11-8-,15-12-,20-17-,24-21-,28-26-,42-39-,50-47-. The van der Waals surface area contributed by atoms with Crippen LogP contribution >= 0.6 is 0 Å². The first-order chi connectivity index (χ1) is 38.0. The van der Waals surface area contributed by atoms with E-state index in [-0.39, 0.29) is 37.5 Å². The van der Waals surface area contributed by atoms with Crippen LogP contribution in [0.4, 0.5) is 0 Å². The lowest BCUT2D eigenvalue weighted by Crippen LogP contribution is -2.30. The van der Waals surface area contributed by atoms with Gasteiger partial charge in [0.25, 0.3) is 0 Å². The van der Waals surface area contributed by atoms with Crippen molar-refractivity contribution in [3.8, 4) is 0 Å². The average molecular weight is 1070 g/mol. The van der Waals surface area contributed by atoms with Crippen molar-refractivity contribution in [1.82, 2.24) is 0 Å². The lowest BCUT2D eigenvalue weighted by Gasteiger charge is -2.18. The van der Waals surface area contributed by atoms with Gasteiger partial charge in [0.05, 0.1) is 0 Å². The van der Waals surface area contributed by atoms with Gasteiger partial charge in [-0.2, -0.15) is 0 Å². The first-order valence-corrected chi connectivity index (χ1v) is 33.1. The average Bonchev–Trinajstić information content (AvgIpc) is 3.43. The van der Waals surface area contributed by atoms with E-state index in [2.05, 4.69) is 106 Å². The minimum absolute atomic E-state index is 0.0924. The van der Waals surface area contributed by atoms with E-state index in [9.17, 15) is 14.4 Å². The minimum Gasteiger partial charge on any atom is -0.462 e. The van der Waals surface area contributed by atoms with E-state index in [4.69, 9.17) is 14.2 Å². The fourth-order valence-corrected chi connectivity index (χ4v) is 9.45. The zero-order valence-electron chi connectivity index (χ0n) is 51.0. The van der Waals surface area contributed by atoms with Gasteiger partial charge in [-0.25, -0.2) is 0 Å². The number of carbonyl (C=O) groups excluding carboxylic acids is 3. The fraction of sp³-hybridized carbons (Fsp3) is 0.761. The molecule has 0 spiro atoms. The molecule has 0 fully saturated rings. The fourth-order valence-electron chi connectivity index (χ4n) is 9.45. The van der Waals surface area contributed by atoms with Crippen molar-refractivity contribution in [2.45, 2.75) is 335 Å². The molecule has 444 valence electrons. The van der Waals surface area contributed by atoms with Crippen LogP contribution in [0.3, 0.4) is 0 Å². The molecule has 0 aromatic heterocycles. The highest BCUT2D eigenvalue weighted by Gasteiger charge is 2.19. The predicted molar refractivity (Wildman–Crippen MR) is 334 cm³/mol. The molecule has 77 heavy (non-hydrogen) atoms. The summed E-state index contributed by atoms with van der Waals surface area (Å²) in [5.74, 6) is -0.927. The van der Waals surface area contributed by atoms with Crippen molar-refractivity contribution in [2.24, 2.45) is 0 Å². The van der Waals surface area contributed by atoms with Crippen LogP contribution in [-0.4, -0.2) is 37.2 Å². The summed E-state index contributed by atoms with van der Waals surface area (Å²) >= 11 is 0. The van der Waals surface area contributed by atoms with E-state index in [1.165, 1.54) is 161 Å². The van der Waals surface area contributed by atoms with Gasteiger partial charge in [0, 0.05) is 19.3 Å². The second-order valence-corrected chi connectivity index (χ2v) is 22.0. The number of hydrogen-bond acceptors (Lipinski definition) is 6. The summed E-state index contributed by atoms with van der Waals surface area (Å²) in [6, 6.07) is 0. The summed E-state index contributed by atoms with van der Waals surface area (Å²) in [6.07, 6.45) is 86.1. The highest BCUT2D eigenvalue weighted by molar-refractivity contribution is 5.71. The maximum Gasteiger partial charge on any atom is 0.306 e.